The Labute approximate surface area is 143 Å². The van der Waals surface area contributed by atoms with E-state index in [1.54, 1.807) is 0 Å². The lowest BCUT2D eigenvalue weighted by Gasteiger charge is -2.19. The van der Waals surface area contributed by atoms with Crippen molar-refractivity contribution in [3.8, 4) is 5.75 Å². The lowest BCUT2D eigenvalue weighted by Crippen LogP contribution is -2.33. The molecule has 0 saturated heterocycles. The van der Waals surface area contributed by atoms with Gasteiger partial charge in [-0.2, -0.15) is 26.3 Å². The van der Waals surface area contributed by atoms with Gasteiger partial charge in [0.1, 0.15) is 5.75 Å². The van der Waals surface area contributed by atoms with Gasteiger partial charge in [0.15, 0.2) is 6.61 Å². The molecule has 2 N–H and O–H groups in total. The van der Waals surface area contributed by atoms with Gasteiger partial charge in [0.05, 0.1) is 12.0 Å². The Balaban J connectivity index is 2.94. The van der Waals surface area contributed by atoms with Crippen LogP contribution in [0.2, 0.25) is 0 Å². The molecule has 0 aliphatic carbocycles. The predicted molar refractivity (Wildman–Crippen MR) is 76.9 cm³/mol. The van der Waals surface area contributed by atoms with E-state index in [0.717, 1.165) is 11.0 Å². The summed E-state index contributed by atoms with van der Waals surface area (Å²) in [6.45, 7) is -2.10. The number of anilines is 1. The second kappa shape index (κ2) is 8.15. The molecule has 0 fully saturated rings. The van der Waals surface area contributed by atoms with Crippen molar-refractivity contribution in [1.82, 2.24) is 4.90 Å². The molecule has 1 aromatic carbocycles. The third-order valence-corrected chi connectivity index (χ3v) is 2.94. The lowest BCUT2D eigenvalue weighted by molar-refractivity contribution is -0.158. The highest BCUT2D eigenvalue weighted by Crippen LogP contribution is 2.38. The van der Waals surface area contributed by atoms with Gasteiger partial charge >= 0.3 is 24.4 Å². The number of halogens is 6. The van der Waals surface area contributed by atoms with Crippen molar-refractivity contribution in [1.29, 1.82) is 0 Å². The van der Waals surface area contributed by atoms with Gasteiger partial charge in [0.25, 0.3) is 0 Å². The number of nitrogens with zero attached hydrogens (tertiary/aromatic N) is 1. The van der Waals surface area contributed by atoms with Crippen molar-refractivity contribution in [3.05, 3.63) is 23.8 Å². The Morgan fingerprint density at radius 3 is 2.31 bits per heavy atom. The minimum atomic E-state index is -5.02. The fraction of sp³-hybridized carbons (Fsp3) is 0.429. The molecule has 2 amide bonds. The van der Waals surface area contributed by atoms with E-state index < -0.39 is 42.3 Å². The minimum absolute atomic E-state index is 0.194. The zero-order chi connectivity index (χ0) is 20.1. The first-order valence-electron chi connectivity index (χ1n) is 6.94. The molecule has 0 spiro atoms. The van der Waals surface area contributed by atoms with E-state index in [4.69, 9.17) is 5.11 Å². The number of carbonyl (C=O) groups is 2. The second-order valence-electron chi connectivity index (χ2n) is 5.11. The van der Waals surface area contributed by atoms with Gasteiger partial charge in [-0.15, -0.1) is 0 Å². The van der Waals surface area contributed by atoms with Crippen LogP contribution >= 0.6 is 0 Å². The molecule has 1 rings (SSSR count). The fourth-order valence-corrected chi connectivity index (χ4v) is 1.70. The summed E-state index contributed by atoms with van der Waals surface area (Å²) in [6.07, 6.45) is -10.2. The molecule has 6 nitrogen and oxygen atoms in total. The van der Waals surface area contributed by atoms with Crippen LogP contribution in [0.25, 0.3) is 0 Å². The fourth-order valence-electron chi connectivity index (χ4n) is 1.70. The van der Waals surface area contributed by atoms with Crippen LogP contribution in [0.5, 0.6) is 5.75 Å². The third-order valence-electron chi connectivity index (χ3n) is 2.94. The number of carboxylic acids is 1. The first-order chi connectivity index (χ1) is 11.8. The van der Waals surface area contributed by atoms with E-state index in [1.807, 2.05) is 0 Å². The highest BCUT2D eigenvalue weighted by molar-refractivity contribution is 5.89. The standard InChI is InChI=1S/C14H14F6N2O4/c1-22(5-4-11(23)24)12(25)21-8-2-3-10(26-7-13(15,16)17)9(6-8)14(18,19)20/h2-3,6H,4-5,7H2,1H3,(H,21,25)(H,23,24). The smallest absolute Gasteiger partial charge is 0.422 e. The van der Waals surface area contributed by atoms with Crippen LogP contribution in [0.1, 0.15) is 12.0 Å². The summed E-state index contributed by atoms with van der Waals surface area (Å²) < 4.78 is 79.6. The molecule has 26 heavy (non-hydrogen) atoms. The average Bonchev–Trinajstić information content (AvgIpc) is 2.49. The number of nitrogens with one attached hydrogen (secondary N) is 1. The molecule has 0 aromatic heterocycles. The number of urea groups is 1. The van der Waals surface area contributed by atoms with Gasteiger partial charge in [-0.25, -0.2) is 4.79 Å². The molecule has 1 aromatic rings. The SMILES string of the molecule is CN(CCC(=O)O)C(=O)Nc1ccc(OCC(F)(F)F)c(C(F)(F)F)c1. The number of alkyl halides is 6. The number of aliphatic carboxylic acids is 1. The Hall–Kier alpha value is -2.66. The van der Waals surface area contributed by atoms with Crippen molar-refractivity contribution in [2.24, 2.45) is 0 Å². The van der Waals surface area contributed by atoms with Gasteiger partial charge < -0.3 is 20.1 Å². The summed E-state index contributed by atoms with van der Waals surface area (Å²) in [5.74, 6) is -2.21. The van der Waals surface area contributed by atoms with Crippen molar-refractivity contribution in [2.75, 3.05) is 25.5 Å². The summed E-state index contributed by atoms with van der Waals surface area (Å²) in [4.78, 5) is 23.1. The predicted octanol–water partition coefficient (Wildman–Crippen LogP) is 3.58. The molecule has 0 heterocycles. The van der Waals surface area contributed by atoms with E-state index in [0.29, 0.717) is 12.1 Å². The largest absolute Gasteiger partial charge is 0.483 e. The van der Waals surface area contributed by atoms with Crippen LogP contribution < -0.4 is 10.1 Å². The molecular formula is C14H14F6N2O4. The van der Waals surface area contributed by atoms with Crippen molar-refractivity contribution >= 4 is 17.7 Å². The zero-order valence-corrected chi connectivity index (χ0v) is 13.2. The van der Waals surface area contributed by atoms with Crippen LogP contribution in [-0.4, -0.2) is 48.4 Å². The summed E-state index contributed by atoms with van der Waals surface area (Å²) in [7, 11) is 1.23. The maximum Gasteiger partial charge on any atom is 0.422 e. The molecule has 0 unspecified atom stereocenters. The topological polar surface area (TPSA) is 78.9 Å². The summed E-state index contributed by atoms with van der Waals surface area (Å²) in [5, 5.41) is 10.6. The quantitative estimate of drug-likeness (QED) is 0.731. The number of carboxylic acid groups (broad SMARTS) is 1. The van der Waals surface area contributed by atoms with Gasteiger partial charge in [0.2, 0.25) is 0 Å². The van der Waals surface area contributed by atoms with Crippen LogP contribution in [-0.2, 0) is 11.0 Å². The van der Waals surface area contributed by atoms with Crippen molar-refractivity contribution < 1.29 is 45.8 Å². The van der Waals surface area contributed by atoms with E-state index in [9.17, 15) is 35.9 Å². The molecule has 0 radical (unpaired) electrons. The number of amides is 2. The number of carbonyl (C=O) groups excluding carboxylic acids is 1. The van der Waals surface area contributed by atoms with E-state index >= 15 is 0 Å². The molecule has 0 saturated carbocycles. The number of rotatable bonds is 6. The van der Waals surface area contributed by atoms with E-state index in [1.165, 1.54) is 7.05 Å². The normalized spacial score (nSPS) is 11.8. The summed E-state index contributed by atoms with van der Waals surface area (Å²) in [5.41, 5.74) is -1.84. The zero-order valence-electron chi connectivity index (χ0n) is 13.2. The van der Waals surface area contributed by atoms with E-state index in [2.05, 4.69) is 10.1 Å². The number of hydrogen-bond acceptors (Lipinski definition) is 3. The van der Waals surface area contributed by atoms with Crippen molar-refractivity contribution in [2.45, 2.75) is 18.8 Å². The first kappa shape index (κ1) is 21.4. The Kier molecular flexibility index (Phi) is 6.70. The molecule has 146 valence electrons. The minimum Gasteiger partial charge on any atom is -0.483 e. The third kappa shape index (κ3) is 7.07. The Morgan fingerprint density at radius 2 is 1.81 bits per heavy atom. The van der Waals surface area contributed by atoms with Gasteiger partial charge in [-0.05, 0) is 18.2 Å². The highest BCUT2D eigenvalue weighted by Gasteiger charge is 2.36. The molecule has 0 aliphatic rings. The van der Waals surface area contributed by atoms with E-state index in [-0.39, 0.29) is 18.7 Å². The molecule has 12 heteroatoms. The number of ether oxygens (including phenoxy) is 1. The Bertz CT molecular complexity index is 660. The molecular weight excluding hydrogens is 374 g/mol. The van der Waals surface area contributed by atoms with Crippen LogP contribution in [0.15, 0.2) is 18.2 Å². The van der Waals surface area contributed by atoms with Crippen LogP contribution in [0.3, 0.4) is 0 Å². The van der Waals surface area contributed by atoms with Crippen molar-refractivity contribution in [3.63, 3.8) is 0 Å². The van der Waals surface area contributed by atoms with Crippen LogP contribution in [0.4, 0.5) is 36.8 Å². The number of benzene rings is 1. The maximum absolute atomic E-state index is 13.0. The number of hydrogen-bond donors (Lipinski definition) is 2. The monoisotopic (exact) mass is 388 g/mol. The Morgan fingerprint density at radius 1 is 1.19 bits per heavy atom. The van der Waals surface area contributed by atoms with Gasteiger partial charge in [0, 0.05) is 19.3 Å². The first-order valence-corrected chi connectivity index (χ1v) is 6.94. The molecule has 0 bridgehead atoms. The molecule has 0 aliphatic heterocycles. The maximum atomic E-state index is 13.0. The summed E-state index contributed by atoms with van der Waals surface area (Å²) >= 11 is 0. The second-order valence-corrected chi connectivity index (χ2v) is 5.11. The highest BCUT2D eigenvalue weighted by atomic mass is 19.4. The average molecular weight is 388 g/mol. The summed E-state index contributed by atoms with van der Waals surface area (Å²) in [6, 6.07) is 1.13. The lowest BCUT2D eigenvalue weighted by atomic mass is 10.1. The van der Waals surface area contributed by atoms with Crippen LogP contribution in [0, 0.1) is 0 Å². The van der Waals surface area contributed by atoms with Gasteiger partial charge in [-0.1, -0.05) is 0 Å². The van der Waals surface area contributed by atoms with Gasteiger partial charge in [-0.3, -0.25) is 4.79 Å². The molecule has 0 atom stereocenters.